The number of Topliss-reactive ketones (excluding diaryl/α,β-unsaturated/α-hetero) is 1. The molecule has 6 heteroatoms. The third-order valence-electron chi connectivity index (χ3n) is 5.61. The number of hydrogen-bond acceptors (Lipinski definition) is 4. The van der Waals surface area contributed by atoms with Crippen molar-refractivity contribution in [1.29, 1.82) is 0 Å². The maximum atomic E-state index is 13.2. The van der Waals surface area contributed by atoms with Crippen LogP contribution in [0.5, 0.6) is 0 Å². The molecule has 1 unspecified atom stereocenters. The molecule has 0 bridgehead atoms. The van der Waals surface area contributed by atoms with Crippen LogP contribution in [0.1, 0.15) is 33.9 Å². The fourth-order valence-electron chi connectivity index (χ4n) is 3.94. The molecule has 1 saturated heterocycles. The Morgan fingerprint density at radius 2 is 1.74 bits per heavy atom. The molecule has 1 aromatic heterocycles. The van der Waals surface area contributed by atoms with Crippen molar-refractivity contribution in [3.8, 4) is 0 Å². The van der Waals surface area contributed by atoms with Crippen LogP contribution in [0.25, 0.3) is 5.76 Å². The van der Waals surface area contributed by atoms with Gasteiger partial charge in [-0.2, -0.15) is 0 Å². The van der Waals surface area contributed by atoms with E-state index >= 15 is 0 Å². The number of aliphatic hydroxyl groups is 1. The minimum atomic E-state index is -0.805. The van der Waals surface area contributed by atoms with E-state index in [-0.39, 0.29) is 11.3 Å². The van der Waals surface area contributed by atoms with Crippen molar-refractivity contribution in [2.75, 3.05) is 4.90 Å². The Bertz CT molecular complexity index is 1230. The number of aliphatic hydroxyl groups excluding tert-OH is 1. The lowest BCUT2D eigenvalue weighted by molar-refractivity contribution is -0.132. The minimum absolute atomic E-state index is 0.0456. The fourth-order valence-corrected chi connectivity index (χ4v) is 4.10. The molecule has 1 amide bonds. The maximum absolute atomic E-state index is 13.2. The number of rotatable bonds is 3. The second-order valence-corrected chi connectivity index (χ2v) is 8.06. The van der Waals surface area contributed by atoms with Crippen molar-refractivity contribution in [3.63, 3.8) is 0 Å². The zero-order valence-corrected chi connectivity index (χ0v) is 18.1. The third kappa shape index (κ3) is 3.51. The van der Waals surface area contributed by atoms with Crippen LogP contribution < -0.4 is 4.90 Å². The number of nitrogens with zero attached hydrogens (tertiary/aromatic N) is 2. The van der Waals surface area contributed by atoms with Gasteiger partial charge in [-0.1, -0.05) is 35.4 Å². The fraction of sp³-hybridized carbons (Fsp3) is 0.160. The van der Waals surface area contributed by atoms with Gasteiger partial charge in [-0.3, -0.25) is 19.5 Å². The normalized spacial score (nSPS) is 17.9. The molecule has 2 heterocycles. The van der Waals surface area contributed by atoms with E-state index in [9.17, 15) is 14.7 Å². The second-order valence-electron chi connectivity index (χ2n) is 7.65. The van der Waals surface area contributed by atoms with Crippen LogP contribution in [0.3, 0.4) is 0 Å². The van der Waals surface area contributed by atoms with Gasteiger partial charge in [0.25, 0.3) is 11.7 Å². The highest BCUT2D eigenvalue weighted by molar-refractivity contribution is 6.52. The van der Waals surface area contributed by atoms with Gasteiger partial charge in [0.2, 0.25) is 0 Å². The molecule has 1 aliphatic rings. The van der Waals surface area contributed by atoms with Crippen molar-refractivity contribution in [1.82, 2.24) is 4.98 Å². The average molecular weight is 433 g/mol. The summed E-state index contributed by atoms with van der Waals surface area (Å²) in [6, 6.07) is 13.5. The Labute approximate surface area is 185 Å². The summed E-state index contributed by atoms with van der Waals surface area (Å²) >= 11 is 6.31. The summed E-state index contributed by atoms with van der Waals surface area (Å²) in [7, 11) is 0. The van der Waals surface area contributed by atoms with Crippen LogP contribution in [0, 0.1) is 20.8 Å². The first kappa shape index (κ1) is 20.8. The number of amides is 1. The van der Waals surface area contributed by atoms with Crippen LogP contribution in [0.2, 0.25) is 5.02 Å². The number of aromatic nitrogens is 1. The molecule has 1 aliphatic heterocycles. The smallest absolute Gasteiger partial charge is 0.300 e. The Hall–Kier alpha value is -3.44. The Morgan fingerprint density at radius 3 is 2.45 bits per heavy atom. The predicted octanol–water partition coefficient (Wildman–Crippen LogP) is 5.29. The van der Waals surface area contributed by atoms with Gasteiger partial charge in [0, 0.05) is 28.7 Å². The Kier molecular flexibility index (Phi) is 5.38. The molecule has 2 aromatic carbocycles. The Balaban J connectivity index is 2.01. The van der Waals surface area contributed by atoms with Crippen molar-refractivity contribution in [2.24, 2.45) is 0 Å². The van der Waals surface area contributed by atoms with Crippen molar-refractivity contribution < 1.29 is 14.7 Å². The number of ketones is 1. The molecular weight excluding hydrogens is 412 g/mol. The molecule has 0 aliphatic carbocycles. The highest BCUT2D eigenvalue weighted by Crippen LogP contribution is 2.44. The number of pyridine rings is 1. The van der Waals surface area contributed by atoms with Crippen molar-refractivity contribution in [3.05, 3.63) is 99.3 Å². The minimum Gasteiger partial charge on any atom is -0.507 e. The number of hydrogen-bond donors (Lipinski definition) is 1. The van der Waals surface area contributed by atoms with Gasteiger partial charge in [0.15, 0.2) is 0 Å². The van der Waals surface area contributed by atoms with E-state index in [4.69, 9.17) is 11.6 Å². The van der Waals surface area contributed by atoms with Gasteiger partial charge >= 0.3 is 0 Å². The first-order chi connectivity index (χ1) is 14.8. The summed E-state index contributed by atoms with van der Waals surface area (Å²) < 4.78 is 0. The van der Waals surface area contributed by atoms with Crippen LogP contribution in [0.4, 0.5) is 5.69 Å². The van der Waals surface area contributed by atoms with Gasteiger partial charge in [0.1, 0.15) is 5.76 Å². The largest absolute Gasteiger partial charge is 0.507 e. The zero-order valence-electron chi connectivity index (χ0n) is 17.4. The van der Waals surface area contributed by atoms with E-state index in [2.05, 4.69) is 4.98 Å². The van der Waals surface area contributed by atoms with Gasteiger partial charge in [-0.25, -0.2) is 0 Å². The molecule has 1 N–H and O–H groups in total. The van der Waals surface area contributed by atoms with Crippen molar-refractivity contribution in [2.45, 2.75) is 26.8 Å². The molecule has 1 atom stereocenters. The van der Waals surface area contributed by atoms with Gasteiger partial charge in [-0.15, -0.1) is 0 Å². The number of anilines is 1. The van der Waals surface area contributed by atoms with E-state index < -0.39 is 17.7 Å². The molecule has 31 heavy (non-hydrogen) atoms. The lowest BCUT2D eigenvalue weighted by Crippen LogP contribution is -2.30. The van der Waals surface area contributed by atoms with Crippen LogP contribution in [-0.4, -0.2) is 21.8 Å². The molecule has 156 valence electrons. The quantitative estimate of drug-likeness (QED) is 0.347. The van der Waals surface area contributed by atoms with E-state index in [1.807, 2.05) is 32.0 Å². The number of carbonyl (C=O) groups excluding carboxylic acids is 2. The summed E-state index contributed by atoms with van der Waals surface area (Å²) in [6.45, 7) is 5.56. The third-order valence-corrected chi connectivity index (χ3v) is 6.02. The number of aryl methyl sites for hydroxylation is 2. The Morgan fingerprint density at radius 1 is 1.03 bits per heavy atom. The molecule has 5 nitrogen and oxygen atoms in total. The highest BCUT2D eigenvalue weighted by atomic mass is 35.5. The van der Waals surface area contributed by atoms with Crippen LogP contribution in [-0.2, 0) is 9.59 Å². The number of carbonyl (C=O) groups is 2. The standard InChI is InChI=1S/C25H21ClN2O3/c1-14-7-8-15(2)18(13-14)23(29)21-22(17-9-11-27-12-10-17)28(25(31)24(21)30)20-6-4-5-19(26)16(20)3/h4-13,22,29H,1-3H3/b23-21+. The summed E-state index contributed by atoms with van der Waals surface area (Å²) in [5, 5.41) is 11.8. The molecule has 4 rings (SSSR count). The lowest BCUT2D eigenvalue weighted by atomic mass is 9.93. The molecule has 0 saturated carbocycles. The molecule has 0 radical (unpaired) electrons. The predicted molar refractivity (Wildman–Crippen MR) is 121 cm³/mol. The first-order valence-electron chi connectivity index (χ1n) is 9.85. The van der Waals surface area contributed by atoms with E-state index in [1.54, 1.807) is 49.6 Å². The first-order valence-corrected chi connectivity index (χ1v) is 10.2. The monoisotopic (exact) mass is 432 g/mol. The molecular formula is C25H21ClN2O3. The van der Waals surface area contributed by atoms with Gasteiger partial charge < -0.3 is 5.11 Å². The highest BCUT2D eigenvalue weighted by Gasteiger charge is 2.47. The lowest BCUT2D eigenvalue weighted by Gasteiger charge is -2.27. The summed E-state index contributed by atoms with van der Waals surface area (Å²) in [6.07, 6.45) is 3.19. The average Bonchev–Trinajstić information content (AvgIpc) is 3.03. The summed E-state index contributed by atoms with van der Waals surface area (Å²) in [4.78, 5) is 31.9. The molecule has 1 fully saturated rings. The number of benzene rings is 2. The number of halogens is 1. The summed E-state index contributed by atoms with van der Waals surface area (Å²) in [5.74, 6) is -1.64. The molecule has 0 spiro atoms. The SMILES string of the molecule is Cc1ccc(C)c(/C(O)=C2\C(=O)C(=O)N(c3cccc(Cl)c3C)C2c2ccncc2)c1. The molecule has 3 aromatic rings. The van der Waals surface area contributed by atoms with Crippen molar-refractivity contribution >= 4 is 34.7 Å². The van der Waals surface area contributed by atoms with Gasteiger partial charge in [-0.05, 0) is 67.8 Å². The maximum Gasteiger partial charge on any atom is 0.300 e. The van der Waals surface area contributed by atoms with Crippen LogP contribution >= 0.6 is 11.6 Å². The van der Waals surface area contributed by atoms with E-state index in [1.165, 1.54) is 4.90 Å². The zero-order chi connectivity index (χ0) is 22.3. The summed E-state index contributed by atoms with van der Waals surface area (Å²) in [5.41, 5.74) is 4.19. The van der Waals surface area contributed by atoms with E-state index in [0.29, 0.717) is 27.4 Å². The van der Waals surface area contributed by atoms with E-state index in [0.717, 1.165) is 11.1 Å². The second kappa shape index (κ2) is 8.00. The topological polar surface area (TPSA) is 70.5 Å². The van der Waals surface area contributed by atoms with Gasteiger partial charge in [0.05, 0.1) is 11.6 Å². The van der Waals surface area contributed by atoms with Crippen LogP contribution in [0.15, 0.2) is 66.5 Å².